The second-order valence-electron chi connectivity index (χ2n) is 6.84. The van der Waals surface area contributed by atoms with Gasteiger partial charge in [-0.05, 0) is 28.3 Å². The first kappa shape index (κ1) is 15.8. The number of ketones is 1. The van der Waals surface area contributed by atoms with Crippen molar-refractivity contribution in [2.24, 2.45) is 0 Å². The molecule has 3 heteroatoms. The van der Waals surface area contributed by atoms with Gasteiger partial charge in [-0.15, -0.1) is 0 Å². The standard InChI is InChI=1S/C24H16O3/c25-22-14-17(16-8-2-1-3-9-16)15-24(27-22)21-13-7-6-11-19(21)18-10-4-5-12-20(18)23(24)26/h1-13,15H,14H2/t24-/m1/s1. The lowest BCUT2D eigenvalue weighted by molar-refractivity contribution is -0.152. The van der Waals surface area contributed by atoms with E-state index in [0.29, 0.717) is 5.56 Å². The summed E-state index contributed by atoms with van der Waals surface area (Å²) in [5.41, 5.74) is 3.42. The first-order valence-electron chi connectivity index (χ1n) is 8.92. The number of benzene rings is 3. The summed E-state index contributed by atoms with van der Waals surface area (Å²) >= 11 is 0. The van der Waals surface area contributed by atoms with E-state index in [9.17, 15) is 9.59 Å². The Labute approximate surface area is 156 Å². The Morgan fingerprint density at radius 3 is 2.11 bits per heavy atom. The molecule has 3 aromatic carbocycles. The lowest BCUT2D eigenvalue weighted by Crippen LogP contribution is -2.44. The topological polar surface area (TPSA) is 43.4 Å². The lowest BCUT2D eigenvalue weighted by atomic mass is 9.72. The van der Waals surface area contributed by atoms with Gasteiger partial charge >= 0.3 is 5.97 Å². The summed E-state index contributed by atoms with van der Waals surface area (Å²) in [5, 5.41) is 0. The Morgan fingerprint density at radius 1 is 0.704 bits per heavy atom. The van der Waals surface area contributed by atoms with Gasteiger partial charge in [-0.25, -0.2) is 0 Å². The molecule has 1 spiro atoms. The second kappa shape index (κ2) is 5.78. The Hall–Kier alpha value is -3.46. The van der Waals surface area contributed by atoms with Crippen LogP contribution in [0.2, 0.25) is 0 Å². The molecule has 0 fully saturated rings. The van der Waals surface area contributed by atoms with Gasteiger partial charge in [-0.3, -0.25) is 9.59 Å². The maximum atomic E-state index is 13.6. The maximum absolute atomic E-state index is 13.6. The highest BCUT2D eigenvalue weighted by Crippen LogP contribution is 2.48. The highest BCUT2D eigenvalue weighted by atomic mass is 16.6. The van der Waals surface area contributed by atoms with Gasteiger partial charge in [-0.2, -0.15) is 0 Å². The fraction of sp³-hybridized carbons (Fsp3) is 0.0833. The van der Waals surface area contributed by atoms with Crippen LogP contribution in [0.4, 0.5) is 0 Å². The Bertz CT molecular complexity index is 1110. The molecular formula is C24H16O3. The Balaban J connectivity index is 1.81. The summed E-state index contributed by atoms with van der Waals surface area (Å²) in [7, 11) is 0. The molecule has 5 rings (SSSR count). The average Bonchev–Trinajstić information content (AvgIpc) is 2.73. The van der Waals surface area contributed by atoms with Crippen LogP contribution in [0.25, 0.3) is 16.7 Å². The van der Waals surface area contributed by atoms with Crippen molar-refractivity contribution in [1.82, 2.24) is 0 Å². The van der Waals surface area contributed by atoms with Crippen LogP contribution in [0.1, 0.15) is 27.9 Å². The van der Waals surface area contributed by atoms with Gasteiger partial charge in [0.05, 0.1) is 6.42 Å². The van der Waals surface area contributed by atoms with E-state index in [-0.39, 0.29) is 18.2 Å². The van der Waals surface area contributed by atoms with E-state index < -0.39 is 5.60 Å². The van der Waals surface area contributed by atoms with Crippen LogP contribution in [0, 0.1) is 0 Å². The van der Waals surface area contributed by atoms with Crippen LogP contribution in [0.3, 0.4) is 0 Å². The summed E-state index contributed by atoms with van der Waals surface area (Å²) in [4.78, 5) is 26.1. The maximum Gasteiger partial charge on any atom is 0.311 e. The van der Waals surface area contributed by atoms with Gasteiger partial charge < -0.3 is 4.74 Å². The van der Waals surface area contributed by atoms with E-state index in [0.717, 1.165) is 27.8 Å². The normalized spacial score (nSPS) is 20.5. The fourth-order valence-corrected chi connectivity index (χ4v) is 4.06. The Kier molecular flexibility index (Phi) is 3.37. The molecule has 0 unspecified atom stereocenters. The number of fused-ring (bicyclic) bond motifs is 4. The highest BCUT2D eigenvalue weighted by Gasteiger charge is 2.50. The number of hydrogen-bond acceptors (Lipinski definition) is 3. The minimum Gasteiger partial charge on any atom is -0.441 e. The Morgan fingerprint density at radius 2 is 1.33 bits per heavy atom. The zero-order valence-electron chi connectivity index (χ0n) is 14.5. The van der Waals surface area contributed by atoms with Gasteiger partial charge in [0.15, 0.2) is 0 Å². The monoisotopic (exact) mass is 352 g/mol. The molecule has 0 N–H and O–H groups in total. The van der Waals surface area contributed by atoms with E-state index in [1.54, 1.807) is 6.07 Å². The predicted molar refractivity (Wildman–Crippen MR) is 103 cm³/mol. The van der Waals surface area contributed by atoms with Gasteiger partial charge in [0, 0.05) is 11.1 Å². The fourth-order valence-electron chi connectivity index (χ4n) is 4.06. The number of ether oxygens (including phenoxy) is 1. The largest absolute Gasteiger partial charge is 0.441 e. The van der Waals surface area contributed by atoms with Crippen LogP contribution < -0.4 is 0 Å². The van der Waals surface area contributed by atoms with Crippen molar-refractivity contribution >= 4 is 17.3 Å². The number of rotatable bonds is 1. The molecule has 1 atom stereocenters. The van der Waals surface area contributed by atoms with Crippen molar-refractivity contribution in [2.75, 3.05) is 0 Å². The summed E-state index contributed by atoms with van der Waals surface area (Å²) in [6.45, 7) is 0. The summed E-state index contributed by atoms with van der Waals surface area (Å²) in [6, 6.07) is 24.8. The molecule has 0 aromatic heterocycles. The summed E-state index contributed by atoms with van der Waals surface area (Å²) in [6.07, 6.45) is 1.99. The van der Waals surface area contributed by atoms with Crippen molar-refractivity contribution in [3.63, 3.8) is 0 Å². The van der Waals surface area contributed by atoms with E-state index >= 15 is 0 Å². The third-order valence-electron chi connectivity index (χ3n) is 5.26. The predicted octanol–water partition coefficient (Wildman–Crippen LogP) is 4.78. The molecule has 3 aromatic rings. The molecule has 0 amide bonds. The molecule has 0 saturated heterocycles. The zero-order valence-corrected chi connectivity index (χ0v) is 14.5. The first-order valence-corrected chi connectivity index (χ1v) is 8.92. The third-order valence-corrected chi connectivity index (χ3v) is 5.26. The van der Waals surface area contributed by atoms with Crippen molar-refractivity contribution in [1.29, 1.82) is 0 Å². The molecule has 1 aliphatic carbocycles. The second-order valence-corrected chi connectivity index (χ2v) is 6.84. The number of esters is 1. The van der Waals surface area contributed by atoms with E-state index in [1.807, 2.05) is 78.9 Å². The molecule has 1 aliphatic heterocycles. The first-order chi connectivity index (χ1) is 13.2. The molecule has 1 heterocycles. The van der Waals surface area contributed by atoms with E-state index in [4.69, 9.17) is 4.74 Å². The minimum absolute atomic E-state index is 0.156. The van der Waals surface area contributed by atoms with E-state index in [2.05, 4.69) is 0 Å². The quantitative estimate of drug-likeness (QED) is 0.592. The summed E-state index contributed by atoms with van der Waals surface area (Å²) in [5.74, 6) is -0.586. The van der Waals surface area contributed by atoms with Gasteiger partial charge in [0.25, 0.3) is 0 Å². The molecule has 0 radical (unpaired) electrons. The number of carbonyl (C=O) groups excluding carboxylic acids is 2. The van der Waals surface area contributed by atoms with Crippen molar-refractivity contribution < 1.29 is 14.3 Å². The SMILES string of the molecule is O=C1CC(c2ccccc2)=C[C@]2(O1)C(=O)c1ccccc1-c1ccccc12. The molecule has 0 saturated carbocycles. The number of hydrogen-bond donors (Lipinski definition) is 0. The van der Waals surface area contributed by atoms with Crippen LogP contribution >= 0.6 is 0 Å². The smallest absolute Gasteiger partial charge is 0.311 e. The molecule has 0 bridgehead atoms. The molecule has 2 aliphatic rings. The van der Waals surface area contributed by atoms with Gasteiger partial charge in [-0.1, -0.05) is 78.9 Å². The molecule has 130 valence electrons. The van der Waals surface area contributed by atoms with Crippen molar-refractivity contribution in [2.45, 2.75) is 12.0 Å². The molecule has 27 heavy (non-hydrogen) atoms. The molecular weight excluding hydrogens is 336 g/mol. The van der Waals surface area contributed by atoms with E-state index in [1.165, 1.54) is 0 Å². The highest BCUT2D eigenvalue weighted by molar-refractivity contribution is 6.15. The van der Waals surface area contributed by atoms with Gasteiger partial charge in [0.1, 0.15) is 0 Å². The van der Waals surface area contributed by atoms with Crippen LogP contribution in [0.5, 0.6) is 0 Å². The third kappa shape index (κ3) is 2.28. The summed E-state index contributed by atoms with van der Waals surface area (Å²) < 4.78 is 5.80. The number of Topliss-reactive ketones (excluding diaryl/α,β-unsaturated/α-hetero) is 1. The zero-order chi connectivity index (χ0) is 18.4. The average molecular weight is 352 g/mol. The lowest BCUT2D eigenvalue weighted by Gasteiger charge is -2.38. The number of carbonyl (C=O) groups is 2. The minimum atomic E-state index is -1.41. The van der Waals surface area contributed by atoms with Crippen molar-refractivity contribution in [3.8, 4) is 11.1 Å². The van der Waals surface area contributed by atoms with Crippen LogP contribution in [-0.4, -0.2) is 11.8 Å². The van der Waals surface area contributed by atoms with Crippen LogP contribution in [0.15, 0.2) is 84.9 Å². The van der Waals surface area contributed by atoms with Crippen molar-refractivity contribution in [3.05, 3.63) is 102 Å². The molecule has 3 nitrogen and oxygen atoms in total. The van der Waals surface area contributed by atoms with Crippen LogP contribution in [-0.2, 0) is 15.1 Å². The van der Waals surface area contributed by atoms with Gasteiger partial charge in [0.2, 0.25) is 11.4 Å².